The lowest BCUT2D eigenvalue weighted by molar-refractivity contribution is -0.177. The second kappa shape index (κ2) is 8.73. The normalized spacial score (nSPS) is 15.5. The van der Waals surface area contributed by atoms with E-state index in [1.165, 1.54) is 0 Å². The molecule has 22 heavy (non-hydrogen) atoms. The first-order valence-electron chi connectivity index (χ1n) is 7.38. The number of hydrogen-bond acceptors (Lipinski definition) is 6. The number of ether oxygens (including phenoxy) is 2. The highest BCUT2D eigenvalue weighted by molar-refractivity contribution is 5.82. The van der Waals surface area contributed by atoms with Crippen LogP contribution in [0, 0.1) is 5.92 Å². The number of esters is 2. The van der Waals surface area contributed by atoms with Gasteiger partial charge >= 0.3 is 17.9 Å². The van der Waals surface area contributed by atoms with Gasteiger partial charge in [-0.25, -0.2) is 4.79 Å². The Labute approximate surface area is 131 Å². The Morgan fingerprint density at radius 1 is 1.18 bits per heavy atom. The lowest BCUT2D eigenvalue weighted by Crippen LogP contribution is -2.43. The Kier molecular flexibility index (Phi) is 8.08. The number of carbonyl (C=O) groups excluding carboxylic acids is 2. The Balaban J connectivity index is 4.89. The second-order valence-electron chi connectivity index (χ2n) is 6.30. The molecule has 7 heteroatoms. The zero-order valence-electron chi connectivity index (χ0n) is 13.9. The molecule has 1 unspecified atom stereocenters. The molecule has 7 nitrogen and oxygen atoms in total. The first-order valence-corrected chi connectivity index (χ1v) is 7.38. The van der Waals surface area contributed by atoms with Crippen LogP contribution in [-0.2, 0) is 23.9 Å². The van der Waals surface area contributed by atoms with E-state index in [1.807, 2.05) is 6.92 Å². The van der Waals surface area contributed by atoms with E-state index in [4.69, 9.17) is 20.3 Å². The highest BCUT2D eigenvalue weighted by Gasteiger charge is 2.31. The van der Waals surface area contributed by atoms with Gasteiger partial charge < -0.3 is 20.3 Å². The summed E-state index contributed by atoms with van der Waals surface area (Å²) in [5, 5.41) is 8.73. The van der Waals surface area contributed by atoms with E-state index in [9.17, 15) is 14.4 Å². The van der Waals surface area contributed by atoms with Gasteiger partial charge in [-0.1, -0.05) is 20.3 Å². The zero-order valence-corrected chi connectivity index (χ0v) is 13.9. The molecule has 0 aliphatic rings. The van der Waals surface area contributed by atoms with Crippen molar-refractivity contribution in [1.82, 2.24) is 0 Å². The largest absolute Gasteiger partial charge is 0.481 e. The Morgan fingerprint density at radius 2 is 1.73 bits per heavy atom. The first-order chi connectivity index (χ1) is 9.97. The van der Waals surface area contributed by atoms with Gasteiger partial charge in [0, 0.05) is 12.8 Å². The predicted molar refractivity (Wildman–Crippen MR) is 80.0 cm³/mol. The molecule has 0 aromatic heterocycles. The third-order valence-corrected chi connectivity index (χ3v) is 3.08. The first kappa shape index (κ1) is 20.4. The maximum Gasteiger partial charge on any atom is 0.347 e. The Morgan fingerprint density at radius 3 is 2.14 bits per heavy atom. The van der Waals surface area contributed by atoms with Crippen molar-refractivity contribution in [2.75, 3.05) is 0 Å². The number of hydrogen-bond donors (Lipinski definition) is 2. The number of carboxylic acids is 1. The van der Waals surface area contributed by atoms with Gasteiger partial charge in [-0.3, -0.25) is 9.59 Å². The summed E-state index contributed by atoms with van der Waals surface area (Å²) in [6, 6.07) is -0.861. The standard InChI is InChI=1S/C15H27NO6/c1-6-9(2)12(16)14(20)21-10(7-8-11(17)18)13(19)22-15(3,4)5/h9-10,12H,6-8,16H2,1-5H3,(H,17,18)/t9-,10?,12-/m0/s1. The highest BCUT2D eigenvalue weighted by Crippen LogP contribution is 2.15. The number of aliphatic carboxylic acids is 1. The molecule has 0 spiro atoms. The topological polar surface area (TPSA) is 116 Å². The summed E-state index contributed by atoms with van der Waals surface area (Å²) in [6.45, 7) is 8.70. The van der Waals surface area contributed by atoms with E-state index in [-0.39, 0.29) is 18.8 Å². The van der Waals surface area contributed by atoms with Gasteiger partial charge in [0.2, 0.25) is 0 Å². The van der Waals surface area contributed by atoms with E-state index in [0.29, 0.717) is 6.42 Å². The molecule has 0 saturated carbocycles. The lowest BCUT2D eigenvalue weighted by atomic mass is 10.0. The maximum absolute atomic E-state index is 12.0. The van der Waals surface area contributed by atoms with Crippen LogP contribution in [0.5, 0.6) is 0 Å². The smallest absolute Gasteiger partial charge is 0.347 e. The van der Waals surface area contributed by atoms with Crippen molar-refractivity contribution in [3.8, 4) is 0 Å². The molecule has 3 N–H and O–H groups in total. The third kappa shape index (κ3) is 7.97. The highest BCUT2D eigenvalue weighted by atomic mass is 16.6. The quantitative estimate of drug-likeness (QED) is 0.651. The molecule has 0 fully saturated rings. The van der Waals surface area contributed by atoms with Gasteiger partial charge in [0.1, 0.15) is 11.6 Å². The van der Waals surface area contributed by atoms with Gasteiger partial charge in [0.05, 0.1) is 0 Å². The van der Waals surface area contributed by atoms with Crippen molar-refractivity contribution >= 4 is 17.9 Å². The summed E-state index contributed by atoms with van der Waals surface area (Å²) < 4.78 is 10.2. The third-order valence-electron chi connectivity index (χ3n) is 3.08. The summed E-state index contributed by atoms with van der Waals surface area (Å²) in [5.74, 6) is -2.68. The molecule has 0 saturated heterocycles. The summed E-state index contributed by atoms with van der Waals surface area (Å²) in [4.78, 5) is 34.7. The molecule has 0 amide bonds. The van der Waals surface area contributed by atoms with E-state index < -0.39 is 35.7 Å². The fourth-order valence-electron chi connectivity index (χ4n) is 1.55. The molecule has 0 aromatic rings. The minimum atomic E-state index is -1.27. The van der Waals surface area contributed by atoms with Gasteiger partial charge in [0.15, 0.2) is 6.10 Å². The number of rotatable bonds is 8. The van der Waals surface area contributed by atoms with Crippen LogP contribution in [-0.4, -0.2) is 40.8 Å². The average Bonchev–Trinajstić information content (AvgIpc) is 2.38. The van der Waals surface area contributed by atoms with Gasteiger partial charge in [-0.2, -0.15) is 0 Å². The molecule has 0 aliphatic carbocycles. The molecule has 0 bridgehead atoms. The summed E-state index contributed by atoms with van der Waals surface area (Å²) in [5.41, 5.74) is 5.00. The van der Waals surface area contributed by atoms with E-state index in [1.54, 1.807) is 27.7 Å². The molecule has 128 valence electrons. The van der Waals surface area contributed by atoms with Crippen molar-refractivity contribution in [2.45, 2.75) is 71.6 Å². The number of carbonyl (C=O) groups is 3. The molecular weight excluding hydrogens is 290 g/mol. The van der Waals surface area contributed by atoms with Crippen molar-refractivity contribution in [1.29, 1.82) is 0 Å². The monoisotopic (exact) mass is 317 g/mol. The molecule has 0 heterocycles. The van der Waals surface area contributed by atoms with Crippen molar-refractivity contribution in [3.05, 3.63) is 0 Å². The summed E-state index contributed by atoms with van der Waals surface area (Å²) in [6.07, 6.45) is -1.04. The predicted octanol–water partition coefficient (Wildman–Crippen LogP) is 1.48. The number of carboxylic acid groups (broad SMARTS) is 1. The molecule has 0 aromatic carbocycles. The maximum atomic E-state index is 12.0. The second-order valence-corrected chi connectivity index (χ2v) is 6.30. The molecule has 0 aliphatic heterocycles. The van der Waals surface area contributed by atoms with Gasteiger partial charge in [0.25, 0.3) is 0 Å². The van der Waals surface area contributed by atoms with Crippen LogP contribution in [0.4, 0.5) is 0 Å². The van der Waals surface area contributed by atoms with Crippen molar-refractivity contribution in [3.63, 3.8) is 0 Å². The molecule has 0 rings (SSSR count). The van der Waals surface area contributed by atoms with Crippen molar-refractivity contribution in [2.24, 2.45) is 11.7 Å². The Hall–Kier alpha value is -1.63. The van der Waals surface area contributed by atoms with Crippen LogP contribution in [0.25, 0.3) is 0 Å². The van der Waals surface area contributed by atoms with Gasteiger partial charge in [-0.05, 0) is 26.7 Å². The molecular formula is C15H27NO6. The van der Waals surface area contributed by atoms with Crippen LogP contribution in [0.1, 0.15) is 53.9 Å². The van der Waals surface area contributed by atoms with E-state index in [0.717, 1.165) is 0 Å². The summed E-state index contributed by atoms with van der Waals surface area (Å²) >= 11 is 0. The van der Waals surface area contributed by atoms with Crippen molar-refractivity contribution < 1.29 is 29.0 Å². The Bertz CT molecular complexity index is 401. The minimum absolute atomic E-state index is 0.105. The van der Waals surface area contributed by atoms with Crippen LogP contribution < -0.4 is 5.73 Å². The SMILES string of the molecule is CC[C@H](C)[C@H](N)C(=O)OC(CCC(=O)O)C(=O)OC(C)(C)C. The fraction of sp³-hybridized carbons (Fsp3) is 0.800. The average molecular weight is 317 g/mol. The zero-order chi connectivity index (χ0) is 17.5. The number of nitrogens with two attached hydrogens (primary N) is 1. The van der Waals surface area contributed by atoms with Gasteiger partial charge in [-0.15, -0.1) is 0 Å². The van der Waals surface area contributed by atoms with Crippen LogP contribution in [0.15, 0.2) is 0 Å². The summed E-state index contributed by atoms with van der Waals surface area (Å²) in [7, 11) is 0. The van der Waals surface area contributed by atoms with E-state index in [2.05, 4.69) is 0 Å². The van der Waals surface area contributed by atoms with Crippen LogP contribution in [0.2, 0.25) is 0 Å². The molecule has 3 atom stereocenters. The minimum Gasteiger partial charge on any atom is -0.481 e. The van der Waals surface area contributed by atoms with Crippen LogP contribution >= 0.6 is 0 Å². The molecule has 0 radical (unpaired) electrons. The van der Waals surface area contributed by atoms with E-state index >= 15 is 0 Å². The lowest BCUT2D eigenvalue weighted by Gasteiger charge is -2.25. The van der Waals surface area contributed by atoms with Crippen LogP contribution in [0.3, 0.4) is 0 Å². The fourth-order valence-corrected chi connectivity index (χ4v) is 1.55.